The van der Waals surface area contributed by atoms with E-state index in [0.717, 1.165) is 30.4 Å². The van der Waals surface area contributed by atoms with Crippen LogP contribution in [0.5, 0.6) is 0 Å². The van der Waals surface area contributed by atoms with E-state index in [-0.39, 0.29) is 29.8 Å². The van der Waals surface area contributed by atoms with Gasteiger partial charge in [0.15, 0.2) is 5.96 Å². The smallest absolute Gasteiger partial charge is 0.191 e. The van der Waals surface area contributed by atoms with Crippen LogP contribution in [0.1, 0.15) is 25.2 Å². The maximum absolute atomic E-state index is 14.3. The van der Waals surface area contributed by atoms with Crippen molar-refractivity contribution in [1.29, 1.82) is 0 Å². The molecular formula is C16H23FIN5. The minimum atomic E-state index is -0.276. The van der Waals surface area contributed by atoms with Crippen molar-refractivity contribution in [2.75, 3.05) is 13.1 Å². The molecule has 1 heterocycles. The van der Waals surface area contributed by atoms with Crippen molar-refractivity contribution < 1.29 is 4.39 Å². The third kappa shape index (κ3) is 5.19. The van der Waals surface area contributed by atoms with Gasteiger partial charge < -0.3 is 15.2 Å². The van der Waals surface area contributed by atoms with Gasteiger partial charge in [-0.15, -0.1) is 24.0 Å². The summed E-state index contributed by atoms with van der Waals surface area (Å²) >= 11 is 0. The Morgan fingerprint density at radius 3 is 2.48 bits per heavy atom. The Bertz CT molecular complexity index is 646. The maximum Gasteiger partial charge on any atom is 0.191 e. The van der Waals surface area contributed by atoms with Crippen molar-refractivity contribution >= 4 is 29.9 Å². The molecular weight excluding hydrogens is 408 g/mol. The van der Waals surface area contributed by atoms with Crippen LogP contribution in [0, 0.1) is 12.7 Å². The zero-order chi connectivity index (χ0) is 15.9. The molecule has 2 aromatic rings. The minimum absolute atomic E-state index is 0. The highest BCUT2D eigenvalue weighted by Crippen LogP contribution is 2.17. The molecule has 5 nitrogen and oxygen atoms in total. The largest absolute Gasteiger partial charge is 0.357 e. The lowest BCUT2D eigenvalue weighted by molar-refractivity contribution is 0.614. The molecule has 0 aliphatic carbocycles. The van der Waals surface area contributed by atoms with Crippen LogP contribution < -0.4 is 10.6 Å². The van der Waals surface area contributed by atoms with E-state index in [1.54, 1.807) is 23.0 Å². The fourth-order valence-electron chi connectivity index (χ4n) is 2.16. The highest BCUT2D eigenvalue weighted by Gasteiger charge is 2.07. The number of aliphatic imine (C=N–C) groups is 1. The second kappa shape index (κ2) is 9.49. The Labute approximate surface area is 153 Å². The van der Waals surface area contributed by atoms with Crippen LogP contribution >= 0.6 is 24.0 Å². The zero-order valence-corrected chi connectivity index (χ0v) is 16.0. The number of nitrogens with zero attached hydrogens (tertiary/aromatic N) is 3. The lowest BCUT2D eigenvalue weighted by Crippen LogP contribution is -2.36. The summed E-state index contributed by atoms with van der Waals surface area (Å²) in [7, 11) is 0. The highest BCUT2D eigenvalue weighted by molar-refractivity contribution is 14.0. The number of aromatic nitrogens is 2. The Morgan fingerprint density at radius 1 is 1.26 bits per heavy atom. The quantitative estimate of drug-likeness (QED) is 0.435. The van der Waals surface area contributed by atoms with Crippen molar-refractivity contribution in [2.45, 2.75) is 27.3 Å². The lowest BCUT2D eigenvalue weighted by atomic mass is 10.2. The van der Waals surface area contributed by atoms with E-state index in [4.69, 9.17) is 0 Å². The lowest BCUT2D eigenvalue weighted by Gasteiger charge is -2.10. The molecule has 0 unspecified atom stereocenters. The van der Waals surface area contributed by atoms with E-state index < -0.39 is 0 Å². The predicted molar refractivity (Wildman–Crippen MR) is 102 cm³/mol. The summed E-state index contributed by atoms with van der Waals surface area (Å²) in [6.07, 6.45) is 3.41. The van der Waals surface area contributed by atoms with Crippen LogP contribution in [0.25, 0.3) is 5.69 Å². The molecule has 0 radical (unpaired) electrons. The molecule has 0 amide bonds. The van der Waals surface area contributed by atoms with Gasteiger partial charge in [-0.25, -0.2) is 14.4 Å². The molecule has 0 bridgehead atoms. The van der Waals surface area contributed by atoms with Gasteiger partial charge in [0.05, 0.1) is 12.2 Å². The molecule has 0 atom stereocenters. The van der Waals surface area contributed by atoms with Gasteiger partial charge in [-0.05, 0) is 38.5 Å². The molecule has 0 saturated carbocycles. The van der Waals surface area contributed by atoms with Gasteiger partial charge in [-0.2, -0.15) is 0 Å². The van der Waals surface area contributed by atoms with Crippen LogP contribution in [0.3, 0.4) is 0 Å². The SMILES string of the molecule is CCNC(=NCc1ccc(-n2ccnc2C)c(F)c1)NCC.I. The minimum Gasteiger partial charge on any atom is -0.357 e. The number of guanidine groups is 1. The van der Waals surface area contributed by atoms with E-state index in [0.29, 0.717) is 12.2 Å². The number of hydrogen-bond donors (Lipinski definition) is 2. The third-order valence-electron chi connectivity index (χ3n) is 3.21. The van der Waals surface area contributed by atoms with E-state index >= 15 is 0 Å². The first kappa shape index (κ1) is 19.4. The zero-order valence-electron chi connectivity index (χ0n) is 13.6. The van der Waals surface area contributed by atoms with E-state index in [9.17, 15) is 4.39 Å². The van der Waals surface area contributed by atoms with Crippen LogP contribution in [0.15, 0.2) is 35.6 Å². The van der Waals surface area contributed by atoms with Gasteiger partial charge in [-0.1, -0.05) is 6.07 Å². The molecule has 0 spiro atoms. The molecule has 0 saturated heterocycles. The second-order valence-electron chi connectivity index (χ2n) is 4.86. The number of rotatable bonds is 5. The molecule has 0 aliphatic rings. The van der Waals surface area contributed by atoms with Crippen LogP contribution in [-0.4, -0.2) is 28.6 Å². The van der Waals surface area contributed by atoms with Crippen molar-refractivity contribution in [2.24, 2.45) is 4.99 Å². The first-order valence-electron chi connectivity index (χ1n) is 7.46. The molecule has 126 valence electrons. The first-order chi connectivity index (χ1) is 10.7. The normalized spacial score (nSPS) is 9.91. The fourth-order valence-corrected chi connectivity index (χ4v) is 2.16. The third-order valence-corrected chi connectivity index (χ3v) is 3.21. The Kier molecular flexibility index (Phi) is 8.01. The number of aryl methyl sites for hydroxylation is 1. The van der Waals surface area contributed by atoms with Gasteiger partial charge in [0.1, 0.15) is 11.6 Å². The predicted octanol–water partition coefficient (Wildman–Crippen LogP) is 3.01. The number of imidazole rings is 1. The average molecular weight is 431 g/mol. The van der Waals surface area contributed by atoms with Crippen LogP contribution in [0.4, 0.5) is 4.39 Å². The topological polar surface area (TPSA) is 54.2 Å². The monoisotopic (exact) mass is 431 g/mol. The summed E-state index contributed by atoms with van der Waals surface area (Å²) in [5.74, 6) is 1.22. The van der Waals surface area contributed by atoms with Gasteiger partial charge in [0.2, 0.25) is 0 Å². The van der Waals surface area contributed by atoms with Crippen LogP contribution in [-0.2, 0) is 6.54 Å². The van der Waals surface area contributed by atoms with E-state index in [2.05, 4.69) is 20.6 Å². The molecule has 1 aromatic heterocycles. The number of nitrogens with one attached hydrogen (secondary N) is 2. The van der Waals surface area contributed by atoms with Crippen molar-refractivity contribution in [3.05, 3.63) is 47.8 Å². The summed E-state index contributed by atoms with van der Waals surface area (Å²) in [5.41, 5.74) is 1.33. The summed E-state index contributed by atoms with van der Waals surface area (Å²) < 4.78 is 16.0. The second-order valence-corrected chi connectivity index (χ2v) is 4.86. The number of hydrogen-bond acceptors (Lipinski definition) is 2. The highest BCUT2D eigenvalue weighted by atomic mass is 127. The van der Waals surface area contributed by atoms with E-state index in [1.807, 2.05) is 26.8 Å². The molecule has 0 aliphatic heterocycles. The Hall–Kier alpha value is -1.64. The van der Waals surface area contributed by atoms with Gasteiger partial charge in [-0.3, -0.25) is 0 Å². The summed E-state index contributed by atoms with van der Waals surface area (Å²) in [4.78, 5) is 8.55. The van der Waals surface area contributed by atoms with Gasteiger partial charge >= 0.3 is 0 Å². The summed E-state index contributed by atoms with van der Waals surface area (Å²) in [6.45, 7) is 7.87. The molecule has 0 fully saturated rings. The molecule has 7 heteroatoms. The summed E-state index contributed by atoms with van der Waals surface area (Å²) in [5, 5.41) is 6.28. The standard InChI is InChI=1S/C16H22FN5.HI/c1-4-18-16(19-5-2)21-11-13-6-7-15(14(17)10-13)22-9-8-20-12(22)3;/h6-10H,4-5,11H2,1-3H3,(H2,18,19,21);1H. The maximum atomic E-state index is 14.3. The molecule has 1 aromatic carbocycles. The number of benzene rings is 1. The Balaban J connectivity index is 0.00000264. The van der Waals surface area contributed by atoms with Gasteiger partial charge in [0, 0.05) is 25.5 Å². The van der Waals surface area contributed by atoms with Gasteiger partial charge in [0.25, 0.3) is 0 Å². The van der Waals surface area contributed by atoms with Crippen molar-refractivity contribution in [1.82, 2.24) is 20.2 Å². The Morgan fingerprint density at radius 2 is 1.96 bits per heavy atom. The van der Waals surface area contributed by atoms with Crippen molar-refractivity contribution in [3.8, 4) is 5.69 Å². The molecule has 23 heavy (non-hydrogen) atoms. The molecule has 2 N–H and O–H groups in total. The van der Waals surface area contributed by atoms with Crippen molar-refractivity contribution in [3.63, 3.8) is 0 Å². The van der Waals surface area contributed by atoms with E-state index in [1.165, 1.54) is 6.07 Å². The fraction of sp³-hybridized carbons (Fsp3) is 0.375. The van der Waals surface area contributed by atoms with Crippen LogP contribution in [0.2, 0.25) is 0 Å². The molecule has 2 rings (SSSR count). The number of halogens is 2. The average Bonchev–Trinajstić information content (AvgIpc) is 2.91. The summed E-state index contributed by atoms with van der Waals surface area (Å²) in [6, 6.07) is 5.17. The first-order valence-corrected chi connectivity index (χ1v) is 7.46.